The Morgan fingerprint density at radius 1 is 1.30 bits per heavy atom. The van der Waals surface area contributed by atoms with E-state index in [1.54, 1.807) is 18.2 Å². The van der Waals surface area contributed by atoms with Crippen LogP contribution in [-0.2, 0) is 0 Å². The molecular formula is C15H15N3O2. The first-order valence-corrected chi connectivity index (χ1v) is 6.68. The van der Waals surface area contributed by atoms with Gasteiger partial charge in [-0.25, -0.2) is 4.98 Å². The molecule has 20 heavy (non-hydrogen) atoms. The molecule has 0 unspecified atom stereocenters. The van der Waals surface area contributed by atoms with Crippen LogP contribution in [0.4, 0.5) is 0 Å². The molecule has 5 heteroatoms. The standard InChI is InChI=1S/C15H15N3O2/c19-14-8-13(16-9-17-14)10-3-1-4-11(7-10)15(20)18-12-5-2-6-12/h1,3-4,7-9,12H,2,5-6H2,(H,18,20)(H,16,17,19). The molecule has 0 spiro atoms. The number of aromatic nitrogens is 2. The lowest BCUT2D eigenvalue weighted by Crippen LogP contribution is -2.39. The second-order valence-corrected chi connectivity index (χ2v) is 4.98. The van der Waals surface area contributed by atoms with Gasteiger partial charge in [-0.2, -0.15) is 0 Å². The third-order valence-electron chi connectivity index (χ3n) is 3.54. The molecule has 1 aliphatic rings. The first kappa shape index (κ1) is 12.6. The number of nitrogens with zero attached hydrogens (tertiary/aromatic N) is 1. The normalized spacial score (nSPS) is 14.6. The first-order valence-electron chi connectivity index (χ1n) is 6.68. The first-order chi connectivity index (χ1) is 9.72. The number of hydrogen-bond donors (Lipinski definition) is 2. The van der Waals surface area contributed by atoms with Crippen LogP contribution in [-0.4, -0.2) is 21.9 Å². The maximum Gasteiger partial charge on any atom is 0.251 e. The second kappa shape index (κ2) is 5.28. The van der Waals surface area contributed by atoms with Crippen LogP contribution < -0.4 is 10.9 Å². The fraction of sp³-hybridized carbons (Fsp3) is 0.267. The van der Waals surface area contributed by atoms with E-state index in [-0.39, 0.29) is 11.5 Å². The van der Waals surface area contributed by atoms with Crippen LogP contribution in [0.3, 0.4) is 0 Å². The van der Waals surface area contributed by atoms with Crippen LogP contribution in [0.2, 0.25) is 0 Å². The highest BCUT2D eigenvalue weighted by atomic mass is 16.1. The van der Waals surface area contributed by atoms with Crippen LogP contribution in [0.5, 0.6) is 0 Å². The van der Waals surface area contributed by atoms with E-state index in [2.05, 4.69) is 15.3 Å². The number of amides is 1. The predicted octanol–water partition coefficient (Wildman–Crippen LogP) is 1.72. The summed E-state index contributed by atoms with van der Waals surface area (Å²) in [5.74, 6) is -0.0682. The van der Waals surface area contributed by atoms with Crippen molar-refractivity contribution in [2.45, 2.75) is 25.3 Å². The Kier molecular flexibility index (Phi) is 3.33. The minimum absolute atomic E-state index is 0.0682. The lowest BCUT2D eigenvalue weighted by Gasteiger charge is -2.26. The molecule has 2 aromatic rings. The van der Waals surface area contributed by atoms with Crippen LogP contribution in [0.1, 0.15) is 29.6 Å². The average Bonchev–Trinajstić information content (AvgIpc) is 2.43. The average molecular weight is 269 g/mol. The molecule has 0 aliphatic heterocycles. The van der Waals surface area contributed by atoms with E-state index in [1.165, 1.54) is 18.8 Å². The highest BCUT2D eigenvalue weighted by Crippen LogP contribution is 2.20. The monoisotopic (exact) mass is 269 g/mol. The summed E-state index contributed by atoms with van der Waals surface area (Å²) < 4.78 is 0. The van der Waals surface area contributed by atoms with Gasteiger partial charge in [0, 0.05) is 23.2 Å². The summed E-state index contributed by atoms with van der Waals surface area (Å²) in [5.41, 5.74) is 1.71. The summed E-state index contributed by atoms with van der Waals surface area (Å²) in [4.78, 5) is 30.0. The van der Waals surface area contributed by atoms with Gasteiger partial charge in [0.05, 0.1) is 12.0 Å². The van der Waals surface area contributed by atoms with E-state index >= 15 is 0 Å². The van der Waals surface area contributed by atoms with E-state index in [9.17, 15) is 9.59 Å². The highest BCUT2D eigenvalue weighted by Gasteiger charge is 2.20. The molecule has 0 radical (unpaired) electrons. The van der Waals surface area contributed by atoms with Gasteiger partial charge in [-0.15, -0.1) is 0 Å². The van der Waals surface area contributed by atoms with E-state index in [1.807, 2.05) is 6.07 Å². The predicted molar refractivity (Wildman–Crippen MR) is 75.4 cm³/mol. The molecule has 2 N–H and O–H groups in total. The number of nitrogens with one attached hydrogen (secondary N) is 2. The number of rotatable bonds is 3. The number of H-pyrrole nitrogens is 1. The van der Waals surface area contributed by atoms with Crippen molar-refractivity contribution >= 4 is 5.91 Å². The molecule has 1 aromatic heterocycles. The van der Waals surface area contributed by atoms with Crippen molar-refractivity contribution < 1.29 is 4.79 Å². The summed E-state index contributed by atoms with van der Waals surface area (Å²) in [6.07, 6.45) is 4.66. The molecule has 5 nitrogen and oxygen atoms in total. The summed E-state index contributed by atoms with van der Waals surface area (Å²) >= 11 is 0. The lowest BCUT2D eigenvalue weighted by atomic mass is 9.93. The van der Waals surface area contributed by atoms with Gasteiger partial charge in [-0.05, 0) is 31.4 Å². The lowest BCUT2D eigenvalue weighted by molar-refractivity contribution is 0.0917. The molecule has 1 aliphatic carbocycles. The van der Waals surface area contributed by atoms with Crippen molar-refractivity contribution in [3.05, 3.63) is 52.6 Å². The van der Waals surface area contributed by atoms with Crippen LogP contribution in [0, 0.1) is 0 Å². The fourth-order valence-corrected chi connectivity index (χ4v) is 2.17. The number of aromatic amines is 1. The van der Waals surface area contributed by atoms with E-state index in [4.69, 9.17) is 0 Å². The molecule has 1 aromatic carbocycles. The molecule has 0 saturated heterocycles. The minimum atomic E-state index is -0.209. The third kappa shape index (κ3) is 2.61. The van der Waals surface area contributed by atoms with Crippen LogP contribution in [0.15, 0.2) is 41.5 Å². The van der Waals surface area contributed by atoms with Gasteiger partial charge < -0.3 is 10.3 Å². The van der Waals surface area contributed by atoms with Gasteiger partial charge in [0.1, 0.15) is 0 Å². The van der Waals surface area contributed by atoms with E-state index < -0.39 is 0 Å². The van der Waals surface area contributed by atoms with Crippen molar-refractivity contribution in [3.63, 3.8) is 0 Å². The smallest absolute Gasteiger partial charge is 0.251 e. The largest absolute Gasteiger partial charge is 0.349 e. The van der Waals surface area contributed by atoms with Crippen LogP contribution >= 0.6 is 0 Å². The quantitative estimate of drug-likeness (QED) is 0.891. The molecule has 0 bridgehead atoms. The van der Waals surface area contributed by atoms with Gasteiger partial charge in [-0.1, -0.05) is 12.1 Å². The molecule has 1 fully saturated rings. The van der Waals surface area contributed by atoms with Gasteiger partial charge in [0.25, 0.3) is 11.5 Å². The fourth-order valence-electron chi connectivity index (χ4n) is 2.17. The van der Waals surface area contributed by atoms with Crippen molar-refractivity contribution in [2.24, 2.45) is 0 Å². The van der Waals surface area contributed by atoms with Crippen LogP contribution in [0.25, 0.3) is 11.3 Å². The maximum atomic E-state index is 12.1. The molecule has 102 valence electrons. The molecule has 1 saturated carbocycles. The molecule has 3 rings (SSSR count). The number of carbonyl (C=O) groups is 1. The number of benzene rings is 1. The number of carbonyl (C=O) groups excluding carboxylic acids is 1. The molecule has 1 heterocycles. The zero-order chi connectivity index (χ0) is 13.9. The van der Waals surface area contributed by atoms with Gasteiger partial charge in [0.2, 0.25) is 0 Å². The van der Waals surface area contributed by atoms with Gasteiger partial charge >= 0.3 is 0 Å². The van der Waals surface area contributed by atoms with E-state index in [0.717, 1.165) is 18.4 Å². The van der Waals surface area contributed by atoms with E-state index in [0.29, 0.717) is 17.3 Å². The zero-order valence-electron chi connectivity index (χ0n) is 10.9. The second-order valence-electron chi connectivity index (χ2n) is 4.98. The third-order valence-corrected chi connectivity index (χ3v) is 3.54. The summed E-state index contributed by atoms with van der Waals surface area (Å²) in [7, 11) is 0. The Labute approximate surface area is 116 Å². The zero-order valence-corrected chi connectivity index (χ0v) is 10.9. The molecular weight excluding hydrogens is 254 g/mol. The van der Waals surface area contributed by atoms with Crippen molar-refractivity contribution in [1.82, 2.24) is 15.3 Å². The topological polar surface area (TPSA) is 74.8 Å². The van der Waals surface area contributed by atoms with Crippen molar-refractivity contribution in [3.8, 4) is 11.3 Å². The Bertz CT molecular complexity index is 689. The van der Waals surface area contributed by atoms with Gasteiger partial charge in [0.15, 0.2) is 0 Å². The Morgan fingerprint density at radius 3 is 2.85 bits per heavy atom. The maximum absolute atomic E-state index is 12.1. The number of hydrogen-bond acceptors (Lipinski definition) is 3. The van der Waals surface area contributed by atoms with Crippen molar-refractivity contribution in [1.29, 1.82) is 0 Å². The molecule has 0 atom stereocenters. The Hall–Kier alpha value is -2.43. The van der Waals surface area contributed by atoms with Crippen molar-refractivity contribution in [2.75, 3.05) is 0 Å². The Morgan fingerprint density at radius 2 is 2.15 bits per heavy atom. The summed E-state index contributed by atoms with van der Waals surface area (Å²) in [6, 6.07) is 8.89. The highest BCUT2D eigenvalue weighted by molar-refractivity contribution is 5.95. The molecule has 1 amide bonds. The SMILES string of the molecule is O=C(NC1CCC1)c1cccc(-c2cc(=O)[nH]cn2)c1. The minimum Gasteiger partial charge on any atom is -0.349 e. The Balaban J connectivity index is 1.85. The summed E-state index contributed by atoms with van der Waals surface area (Å²) in [5, 5.41) is 3.00. The van der Waals surface area contributed by atoms with Gasteiger partial charge in [-0.3, -0.25) is 9.59 Å². The summed E-state index contributed by atoms with van der Waals surface area (Å²) in [6.45, 7) is 0.